The minimum absolute atomic E-state index is 0.240. The molecule has 1 aliphatic rings. The second-order valence-corrected chi connectivity index (χ2v) is 3.61. The Morgan fingerprint density at radius 3 is 3.00 bits per heavy atom. The molecular weight excluding hydrogens is 162 g/mol. The van der Waals surface area contributed by atoms with Crippen molar-refractivity contribution in [2.45, 2.75) is 19.4 Å². The summed E-state index contributed by atoms with van der Waals surface area (Å²) in [7, 11) is 0. The molecule has 0 amide bonds. The third kappa shape index (κ3) is 1.13. The van der Waals surface area contributed by atoms with Gasteiger partial charge in [-0.25, -0.2) is 0 Å². The lowest BCUT2D eigenvalue weighted by molar-refractivity contribution is 0.133. The molecule has 66 valence electrons. The van der Waals surface area contributed by atoms with Gasteiger partial charge in [0, 0.05) is 0 Å². The van der Waals surface area contributed by atoms with Crippen LogP contribution in [0.5, 0.6) is 0 Å². The lowest BCUT2D eigenvalue weighted by Crippen LogP contribution is -2.00. The van der Waals surface area contributed by atoms with E-state index in [1.54, 1.807) is 0 Å². The van der Waals surface area contributed by atoms with E-state index in [0.717, 1.165) is 17.5 Å². The summed E-state index contributed by atoms with van der Waals surface area (Å²) >= 11 is 0. The van der Waals surface area contributed by atoms with Gasteiger partial charge in [-0.1, -0.05) is 19.1 Å². The first-order chi connectivity index (χ1) is 6.24. The molecule has 2 nitrogen and oxygen atoms in total. The zero-order valence-electron chi connectivity index (χ0n) is 7.49. The van der Waals surface area contributed by atoms with Crippen molar-refractivity contribution < 1.29 is 5.11 Å². The molecule has 0 saturated heterocycles. The molecule has 1 aliphatic carbocycles. The van der Waals surface area contributed by atoms with Crippen molar-refractivity contribution in [2.75, 3.05) is 0 Å². The molecule has 0 heterocycles. The molecule has 0 bridgehead atoms. The standard InChI is InChI=1S/C11H11NO/c1-7-5-10-8(6-12)3-2-4-9(10)11(7)13/h2-4,7,11,13H,5H2,1H3. The molecule has 1 aromatic rings. The van der Waals surface area contributed by atoms with E-state index in [1.807, 2.05) is 25.1 Å². The van der Waals surface area contributed by atoms with Crippen molar-refractivity contribution in [1.82, 2.24) is 0 Å². The first-order valence-electron chi connectivity index (χ1n) is 4.44. The van der Waals surface area contributed by atoms with E-state index < -0.39 is 0 Å². The van der Waals surface area contributed by atoms with Gasteiger partial charge in [0.25, 0.3) is 0 Å². The maximum absolute atomic E-state index is 9.76. The molecule has 0 fully saturated rings. The van der Waals surface area contributed by atoms with Crippen LogP contribution in [0, 0.1) is 17.2 Å². The van der Waals surface area contributed by atoms with E-state index in [2.05, 4.69) is 6.07 Å². The third-order valence-electron chi connectivity index (χ3n) is 2.72. The average Bonchev–Trinajstić information content (AvgIpc) is 2.43. The summed E-state index contributed by atoms with van der Waals surface area (Å²) in [6.45, 7) is 2.01. The van der Waals surface area contributed by atoms with Gasteiger partial charge in [-0.3, -0.25) is 0 Å². The molecule has 0 aliphatic heterocycles. The van der Waals surface area contributed by atoms with Crippen LogP contribution in [-0.2, 0) is 6.42 Å². The normalized spacial score (nSPS) is 25.3. The topological polar surface area (TPSA) is 44.0 Å². The average molecular weight is 173 g/mol. The molecule has 2 unspecified atom stereocenters. The summed E-state index contributed by atoms with van der Waals surface area (Å²) in [6, 6.07) is 7.71. The molecule has 2 atom stereocenters. The van der Waals surface area contributed by atoms with E-state index in [4.69, 9.17) is 5.26 Å². The van der Waals surface area contributed by atoms with Crippen molar-refractivity contribution >= 4 is 0 Å². The van der Waals surface area contributed by atoms with Crippen molar-refractivity contribution in [1.29, 1.82) is 5.26 Å². The number of rotatable bonds is 0. The molecule has 13 heavy (non-hydrogen) atoms. The number of aliphatic hydroxyl groups excluding tert-OH is 1. The van der Waals surface area contributed by atoms with Crippen molar-refractivity contribution in [2.24, 2.45) is 5.92 Å². The maximum atomic E-state index is 9.76. The van der Waals surface area contributed by atoms with Gasteiger partial charge in [0.15, 0.2) is 0 Å². The van der Waals surface area contributed by atoms with E-state index in [-0.39, 0.29) is 12.0 Å². The minimum Gasteiger partial charge on any atom is -0.388 e. The van der Waals surface area contributed by atoms with Crippen molar-refractivity contribution in [3.05, 3.63) is 34.9 Å². The van der Waals surface area contributed by atoms with Crippen LogP contribution in [0.1, 0.15) is 29.7 Å². The Morgan fingerprint density at radius 2 is 2.31 bits per heavy atom. The van der Waals surface area contributed by atoms with Crippen LogP contribution in [0.2, 0.25) is 0 Å². The quantitative estimate of drug-likeness (QED) is 0.650. The van der Waals surface area contributed by atoms with Crippen molar-refractivity contribution in [3.63, 3.8) is 0 Å². The largest absolute Gasteiger partial charge is 0.388 e. The van der Waals surface area contributed by atoms with Crippen LogP contribution in [-0.4, -0.2) is 5.11 Å². The van der Waals surface area contributed by atoms with Crippen LogP contribution in [0.3, 0.4) is 0 Å². The van der Waals surface area contributed by atoms with E-state index >= 15 is 0 Å². The molecule has 0 aromatic heterocycles. The van der Waals surface area contributed by atoms with E-state index in [9.17, 15) is 5.11 Å². The number of benzene rings is 1. The van der Waals surface area contributed by atoms with E-state index in [0.29, 0.717) is 5.56 Å². The SMILES string of the molecule is CC1Cc2c(C#N)cccc2C1O. The fourth-order valence-corrected chi connectivity index (χ4v) is 1.95. The highest BCUT2D eigenvalue weighted by Crippen LogP contribution is 2.36. The van der Waals surface area contributed by atoms with Gasteiger partial charge in [-0.2, -0.15) is 5.26 Å². The molecule has 0 radical (unpaired) electrons. The summed E-state index contributed by atoms with van der Waals surface area (Å²) in [4.78, 5) is 0. The Bertz CT molecular complexity index is 378. The first kappa shape index (κ1) is 8.28. The summed E-state index contributed by atoms with van der Waals surface area (Å²) in [5, 5.41) is 18.6. The molecule has 0 saturated carbocycles. The Kier molecular flexibility index (Phi) is 1.82. The Morgan fingerprint density at radius 1 is 1.54 bits per heavy atom. The lowest BCUT2D eigenvalue weighted by atomic mass is 10.0. The zero-order chi connectivity index (χ0) is 9.42. The van der Waals surface area contributed by atoms with Crippen LogP contribution in [0.4, 0.5) is 0 Å². The highest BCUT2D eigenvalue weighted by molar-refractivity contribution is 5.46. The molecule has 1 N–H and O–H groups in total. The maximum Gasteiger partial charge on any atom is 0.0994 e. The van der Waals surface area contributed by atoms with E-state index in [1.165, 1.54) is 0 Å². The molecule has 0 spiro atoms. The van der Waals surface area contributed by atoms with Gasteiger partial charge in [0.1, 0.15) is 0 Å². The van der Waals surface area contributed by atoms with Crippen LogP contribution < -0.4 is 0 Å². The highest BCUT2D eigenvalue weighted by atomic mass is 16.3. The Hall–Kier alpha value is -1.33. The van der Waals surface area contributed by atoms with Gasteiger partial charge >= 0.3 is 0 Å². The number of nitriles is 1. The predicted molar refractivity (Wildman–Crippen MR) is 49.0 cm³/mol. The van der Waals surface area contributed by atoms with Gasteiger partial charge in [0.05, 0.1) is 17.7 Å². The fourth-order valence-electron chi connectivity index (χ4n) is 1.95. The number of aliphatic hydroxyl groups is 1. The number of fused-ring (bicyclic) bond motifs is 1. The molecule has 2 rings (SSSR count). The number of hydrogen-bond donors (Lipinski definition) is 1. The molecule has 2 heteroatoms. The molecular formula is C11H11NO. The smallest absolute Gasteiger partial charge is 0.0994 e. The highest BCUT2D eigenvalue weighted by Gasteiger charge is 2.28. The van der Waals surface area contributed by atoms with Crippen LogP contribution in [0.15, 0.2) is 18.2 Å². The Labute approximate surface area is 77.4 Å². The Balaban J connectivity index is 2.57. The number of hydrogen-bond acceptors (Lipinski definition) is 2. The summed E-state index contributed by atoms with van der Waals surface area (Å²) in [5.41, 5.74) is 2.68. The van der Waals surface area contributed by atoms with Gasteiger partial charge < -0.3 is 5.11 Å². The van der Waals surface area contributed by atoms with Gasteiger partial charge in [-0.15, -0.1) is 0 Å². The van der Waals surface area contributed by atoms with Crippen molar-refractivity contribution in [3.8, 4) is 6.07 Å². The minimum atomic E-state index is -0.386. The summed E-state index contributed by atoms with van der Waals surface area (Å²) in [6.07, 6.45) is 0.434. The number of nitrogens with zero attached hydrogens (tertiary/aromatic N) is 1. The first-order valence-corrected chi connectivity index (χ1v) is 4.44. The fraction of sp³-hybridized carbons (Fsp3) is 0.364. The third-order valence-corrected chi connectivity index (χ3v) is 2.72. The monoisotopic (exact) mass is 173 g/mol. The van der Waals surface area contributed by atoms with Crippen LogP contribution in [0.25, 0.3) is 0 Å². The predicted octanol–water partition coefficient (Wildman–Crippen LogP) is 1.78. The zero-order valence-corrected chi connectivity index (χ0v) is 7.49. The van der Waals surface area contributed by atoms with Gasteiger partial charge in [-0.05, 0) is 29.5 Å². The van der Waals surface area contributed by atoms with Crippen LogP contribution >= 0.6 is 0 Å². The summed E-state index contributed by atoms with van der Waals surface area (Å²) in [5.74, 6) is 0.240. The molecule has 1 aromatic carbocycles. The summed E-state index contributed by atoms with van der Waals surface area (Å²) < 4.78 is 0. The van der Waals surface area contributed by atoms with Gasteiger partial charge in [0.2, 0.25) is 0 Å². The lowest BCUT2D eigenvalue weighted by Gasteiger charge is -2.07. The second-order valence-electron chi connectivity index (χ2n) is 3.61. The second kappa shape index (κ2) is 2.86.